The lowest BCUT2D eigenvalue weighted by Crippen LogP contribution is -1.85. The Kier molecular flexibility index (Phi) is 2.21. The van der Waals surface area contributed by atoms with Crippen LogP contribution in [0.15, 0.2) is 32.9 Å². The molecule has 12 heavy (non-hydrogen) atoms. The Bertz CT molecular complexity index is 320. The number of hydrogen-bond acceptors (Lipinski definition) is 2. The van der Waals surface area contributed by atoms with Crippen LogP contribution in [-0.4, -0.2) is 6.54 Å². The minimum Gasteiger partial charge on any atom is -0.189 e. The van der Waals surface area contributed by atoms with E-state index in [4.69, 9.17) is 0 Å². The van der Waals surface area contributed by atoms with E-state index >= 15 is 0 Å². The smallest absolute Gasteiger partial charge is 0.0885 e. The number of hydrogen-bond donors (Lipinski definition) is 0. The molecule has 1 aromatic rings. The summed E-state index contributed by atoms with van der Waals surface area (Å²) >= 11 is 3.44. The first kappa shape index (κ1) is 7.92. The summed E-state index contributed by atoms with van der Waals surface area (Å²) in [5.74, 6) is 0. The first-order valence-electron chi connectivity index (χ1n) is 4.02. The second kappa shape index (κ2) is 3.35. The van der Waals surface area contributed by atoms with Gasteiger partial charge in [0.1, 0.15) is 0 Å². The molecule has 2 nitrogen and oxygen atoms in total. The third-order valence-electron chi connectivity index (χ3n) is 1.92. The zero-order valence-corrected chi connectivity index (χ0v) is 8.21. The van der Waals surface area contributed by atoms with Crippen molar-refractivity contribution in [2.24, 2.45) is 10.2 Å². The SMILES string of the molecule is Brc1ccc2c(c1)CCCN=N2. The lowest BCUT2D eigenvalue weighted by Gasteiger charge is -2.00. The number of halogens is 1. The van der Waals surface area contributed by atoms with Crippen LogP contribution in [0.4, 0.5) is 5.69 Å². The lowest BCUT2D eigenvalue weighted by molar-refractivity contribution is 0.828. The van der Waals surface area contributed by atoms with Crippen LogP contribution in [0.25, 0.3) is 0 Å². The molecule has 0 amide bonds. The molecule has 1 aromatic carbocycles. The fourth-order valence-corrected chi connectivity index (χ4v) is 1.73. The van der Waals surface area contributed by atoms with Gasteiger partial charge in [0.05, 0.1) is 12.2 Å². The number of benzene rings is 1. The van der Waals surface area contributed by atoms with Crippen LogP contribution in [0.2, 0.25) is 0 Å². The summed E-state index contributed by atoms with van der Waals surface area (Å²) in [7, 11) is 0. The quantitative estimate of drug-likeness (QED) is 0.645. The molecule has 0 saturated carbocycles. The summed E-state index contributed by atoms with van der Waals surface area (Å²) in [5, 5.41) is 8.18. The topological polar surface area (TPSA) is 24.7 Å². The van der Waals surface area contributed by atoms with E-state index in [9.17, 15) is 0 Å². The second-order valence-corrected chi connectivity index (χ2v) is 3.76. The van der Waals surface area contributed by atoms with Crippen LogP contribution in [-0.2, 0) is 6.42 Å². The third-order valence-corrected chi connectivity index (χ3v) is 2.42. The largest absolute Gasteiger partial charge is 0.189 e. The highest BCUT2D eigenvalue weighted by Gasteiger charge is 2.04. The van der Waals surface area contributed by atoms with Gasteiger partial charge in [0.15, 0.2) is 0 Å². The van der Waals surface area contributed by atoms with Gasteiger partial charge < -0.3 is 0 Å². The summed E-state index contributed by atoms with van der Waals surface area (Å²) in [4.78, 5) is 0. The molecule has 3 heteroatoms. The van der Waals surface area contributed by atoms with Gasteiger partial charge in [-0.05, 0) is 36.6 Å². The molecular weight excluding hydrogens is 216 g/mol. The fourth-order valence-electron chi connectivity index (χ4n) is 1.32. The average molecular weight is 225 g/mol. The Morgan fingerprint density at radius 2 is 2.25 bits per heavy atom. The predicted octanol–water partition coefficient (Wildman–Crippen LogP) is 3.48. The normalized spacial score (nSPS) is 15.4. The summed E-state index contributed by atoms with van der Waals surface area (Å²) in [6.45, 7) is 0.853. The minimum absolute atomic E-state index is 0.853. The maximum atomic E-state index is 4.13. The third kappa shape index (κ3) is 1.55. The number of nitrogens with zero attached hydrogens (tertiary/aromatic N) is 2. The van der Waals surface area contributed by atoms with Crippen molar-refractivity contribution in [3.63, 3.8) is 0 Å². The molecule has 0 radical (unpaired) electrons. The van der Waals surface area contributed by atoms with E-state index < -0.39 is 0 Å². The van der Waals surface area contributed by atoms with E-state index in [0.29, 0.717) is 0 Å². The number of rotatable bonds is 0. The molecule has 0 bridgehead atoms. The lowest BCUT2D eigenvalue weighted by atomic mass is 10.1. The molecule has 1 aliphatic rings. The zero-order chi connectivity index (χ0) is 8.39. The first-order valence-corrected chi connectivity index (χ1v) is 4.81. The highest BCUT2D eigenvalue weighted by atomic mass is 79.9. The molecule has 0 N–H and O–H groups in total. The van der Waals surface area contributed by atoms with Crippen LogP contribution in [0.1, 0.15) is 12.0 Å². The van der Waals surface area contributed by atoms with Crippen molar-refractivity contribution in [2.75, 3.05) is 6.54 Å². The molecule has 0 saturated heterocycles. The van der Waals surface area contributed by atoms with Crippen molar-refractivity contribution in [1.29, 1.82) is 0 Å². The molecule has 1 aliphatic heterocycles. The average Bonchev–Trinajstić information content (AvgIpc) is 2.28. The maximum Gasteiger partial charge on any atom is 0.0885 e. The van der Waals surface area contributed by atoms with E-state index in [2.05, 4.69) is 32.2 Å². The predicted molar refractivity (Wildman–Crippen MR) is 51.8 cm³/mol. The van der Waals surface area contributed by atoms with Crippen LogP contribution in [0.5, 0.6) is 0 Å². The van der Waals surface area contributed by atoms with Crippen molar-refractivity contribution in [1.82, 2.24) is 0 Å². The van der Waals surface area contributed by atoms with Gasteiger partial charge in [-0.15, -0.1) is 0 Å². The maximum absolute atomic E-state index is 4.13. The van der Waals surface area contributed by atoms with E-state index in [1.807, 2.05) is 12.1 Å². The summed E-state index contributed by atoms with van der Waals surface area (Å²) in [5.41, 5.74) is 2.32. The zero-order valence-electron chi connectivity index (χ0n) is 6.63. The van der Waals surface area contributed by atoms with Gasteiger partial charge in [0.25, 0.3) is 0 Å². The Labute approximate surface area is 79.8 Å². The van der Waals surface area contributed by atoms with Crippen LogP contribution in [0.3, 0.4) is 0 Å². The molecule has 0 aliphatic carbocycles. The summed E-state index contributed by atoms with van der Waals surface area (Å²) in [6, 6.07) is 6.14. The Morgan fingerprint density at radius 1 is 1.33 bits per heavy atom. The molecule has 62 valence electrons. The Hall–Kier alpha value is -0.700. The molecule has 2 rings (SSSR count). The van der Waals surface area contributed by atoms with Crippen molar-refractivity contribution in [3.8, 4) is 0 Å². The minimum atomic E-state index is 0.853. The standard InChI is InChI=1S/C9H9BrN2/c10-8-3-4-9-7(6-8)2-1-5-11-12-9/h3-4,6H,1-2,5H2. The van der Waals surface area contributed by atoms with Gasteiger partial charge in [0, 0.05) is 4.47 Å². The van der Waals surface area contributed by atoms with E-state index in [1.54, 1.807) is 0 Å². The molecule has 1 heterocycles. The summed E-state index contributed by atoms with van der Waals surface area (Å²) < 4.78 is 1.12. The van der Waals surface area contributed by atoms with Crippen molar-refractivity contribution in [3.05, 3.63) is 28.2 Å². The van der Waals surface area contributed by atoms with Crippen LogP contribution >= 0.6 is 15.9 Å². The Balaban J connectivity index is 2.46. The first-order chi connectivity index (χ1) is 5.86. The van der Waals surface area contributed by atoms with Gasteiger partial charge in [-0.1, -0.05) is 15.9 Å². The molecule has 0 spiro atoms. The summed E-state index contributed by atoms with van der Waals surface area (Å²) in [6.07, 6.45) is 2.19. The number of aryl methyl sites for hydroxylation is 1. The molecule has 0 aromatic heterocycles. The van der Waals surface area contributed by atoms with Crippen molar-refractivity contribution < 1.29 is 0 Å². The van der Waals surface area contributed by atoms with E-state index in [0.717, 1.165) is 29.5 Å². The Morgan fingerprint density at radius 3 is 3.17 bits per heavy atom. The van der Waals surface area contributed by atoms with Gasteiger partial charge in [-0.2, -0.15) is 10.2 Å². The van der Waals surface area contributed by atoms with E-state index in [-0.39, 0.29) is 0 Å². The highest BCUT2D eigenvalue weighted by molar-refractivity contribution is 9.10. The van der Waals surface area contributed by atoms with Gasteiger partial charge >= 0.3 is 0 Å². The second-order valence-electron chi connectivity index (χ2n) is 2.84. The van der Waals surface area contributed by atoms with Gasteiger partial charge in [0.2, 0.25) is 0 Å². The van der Waals surface area contributed by atoms with Crippen molar-refractivity contribution in [2.45, 2.75) is 12.8 Å². The molecular formula is C9H9BrN2. The fraction of sp³-hybridized carbons (Fsp3) is 0.333. The van der Waals surface area contributed by atoms with Crippen LogP contribution in [0, 0.1) is 0 Å². The number of azo groups is 1. The van der Waals surface area contributed by atoms with Crippen LogP contribution < -0.4 is 0 Å². The molecule has 0 unspecified atom stereocenters. The van der Waals surface area contributed by atoms with E-state index in [1.165, 1.54) is 5.56 Å². The van der Waals surface area contributed by atoms with Gasteiger partial charge in [-0.25, -0.2) is 0 Å². The van der Waals surface area contributed by atoms with Gasteiger partial charge in [-0.3, -0.25) is 0 Å². The number of fused-ring (bicyclic) bond motifs is 1. The highest BCUT2D eigenvalue weighted by Crippen LogP contribution is 2.26. The molecule has 0 fully saturated rings. The monoisotopic (exact) mass is 224 g/mol. The molecule has 0 atom stereocenters. The van der Waals surface area contributed by atoms with Crippen molar-refractivity contribution >= 4 is 21.6 Å².